The van der Waals surface area contributed by atoms with Crippen molar-refractivity contribution in [3.63, 3.8) is 0 Å². The highest BCUT2D eigenvalue weighted by Gasteiger charge is 2.20. The standard InChI is InChI=1S/C25H21N3O6S2/c29-25(26-19-9-3-1-4-10-19)27-20-11-7-8-18(16-20)23-17-21(14-15-24(23)36(32,33)34)28-35(30,31)22-12-5-2-6-13-22/h1-17,28H,(H2,26,27,29)(H,32,33,34). The Bertz CT molecular complexity index is 1610. The monoisotopic (exact) mass is 523 g/mol. The molecular formula is C25H21N3O6S2. The van der Waals surface area contributed by atoms with Crippen LogP contribution in [-0.4, -0.2) is 27.4 Å². The van der Waals surface area contributed by atoms with Gasteiger partial charge in [-0.15, -0.1) is 0 Å². The van der Waals surface area contributed by atoms with E-state index in [1.165, 1.54) is 30.3 Å². The van der Waals surface area contributed by atoms with Crippen LogP contribution in [0.25, 0.3) is 11.1 Å². The van der Waals surface area contributed by atoms with Crippen molar-refractivity contribution in [2.24, 2.45) is 0 Å². The molecule has 4 aromatic rings. The molecule has 4 aromatic carbocycles. The lowest BCUT2D eigenvalue weighted by molar-refractivity contribution is 0.262. The Morgan fingerprint density at radius 1 is 0.639 bits per heavy atom. The fraction of sp³-hybridized carbons (Fsp3) is 0. The van der Waals surface area contributed by atoms with Gasteiger partial charge in [0.25, 0.3) is 20.1 Å². The highest BCUT2D eigenvalue weighted by atomic mass is 32.2. The van der Waals surface area contributed by atoms with Gasteiger partial charge < -0.3 is 10.6 Å². The maximum absolute atomic E-state index is 12.7. The smallest absolute Gasteiger partial charge is 0.308 e. The molecule has 2 amide bonds. The number of rotatable bonds is 7. The molecular weight excluding hydrogens is 502 g/mol. The van der Waals surface area contributed by atoms with E-state index in [0.717, 1.165) is 6.07 Å². The minimum atomic E-state index is -4.65. The van der Waals surface area contributed by atoms with E-state index >= 15 is 0 Å². The number of urea groups is 1. The van der Waals surface area contributed by atoms with Crippen LogP contribution in [-0.2, 0) is 20.1 Å². The quantitative estimate of drug-likeness (QED) is 0.250. The molecule has 0 radical (unpaired) electrons. The summed E-state index contributed by atoms with van der Waals surface area (Å²) in [5, 5.41) is 5.33. The number of hydrogen-bond donors (Lipinski definition) is 4. The number of carbonyl (C=O) groups is 1. The highest BCUT2D eigenvalue weighted by Crippen LogP contribution is 2.32. The van der Waals surface area contributed by atoms with E-state index in [-0.39, 0.29) is 16.1 Å². The number of hydrogen-bond acceptors (Lipinski definition) is 5. The third-order valence-electron chi connectivity index (χ3n) is 5.03. The lowest BCUT2D eigenvalue weighted by atomic mass is 10.0. The number of carbonyl (C=O) groups excluding carboxylic acids is 1. The Balaban J connectivity index is 1.66. The van der Waals surface area contributed by atoms with Crippen molar-refractivity contribution >= 4 is 43.2 Å². The minimum absolute atomic E-state index is 0.0287. The number of anilines is 3. The first kappa shape index (κ1) is 24.9. The van der Waals surface area contributed by atoms with Crippen LogP contribution >= 0.6 is 0 Å². The Hall–Kier alpha value is -4.19. The summed E-state index contributed by atoms with van der Waals surface area (Å²) in [5.74, 6) is 0. The van der Waals surface area contributed by atoms with Crippen molar-refractivity contribution < 1.29 is 26.2 Å². The van der Waals surface area contributed by atoms with E-state index in [1.54, 1.807) is 60.7 Å². The van der Waals surface area contributed by atoms with Crippen molar-refractivity contribution in [3.05, 3.63) is 103 Å². The van der Waals surface area contributed by atoms with Gasteiger partial charge in [0.2, 0.25) is 0 Å². The average Bonchev–Trinajstić information content (AvgIpc) is 2.84. The van der Waals surface area contributed by atoms with Crippen molar-refractivity contribution in [1.82, 2.24) is 0 Å². The van der Waals surface area contributed by atoms with Crippen LogP contribution in [0.4, 0.5) is 21.9 Å². The summed E-state index contributed by atoms with van der Waals surface area (Å²) in [4.78, 5) is 12.0. The van der Waals surface area contributed by atoms with E-state index in [2.05, 4.69) is 15.4 Å². The van der Waals surface area contributed by atoms with E-state index in [1.807, 2.05) is 6.07 Å². The highest BCUT2D eigenvalue weighted by molar-refractivity contribution is 7.92. The molecule has 0 fully saturated rings. The summed E-state index contributed by atoms with van der Waals surface area (Å²) in [5.41, 5.74) is 1.37. The van der Waals surface area contributed by atoms with Crippen LogP contribution in [0.15, 0.2) is 113 Å². The van der Waals surface area contributed by atoms with Gasteiger partial charge in [-0.3, -0.25) is 9.27 Å². The van der Waals surface area contributed by atoms with Gasteiger partial charge >= 0.3 is 6.03 Å². The largest absolute Gasteiger partial charge is 0.323 e. The molecule has 0 heterocycles. The molecule has 9 nitrogen and oxygen atoms in total. The van der Waals surface area contributed by atoms with Gasteiger partial charge in [-0.2, -0.15) is 8.42 Å². The van der Waals surface area contributed by atoms with Crippen LogP contribution in [0.2, 0.25) is 0 Å². The lowest BCUT2D eigenvalue weighted by Gasteiger charge is -2.14. The van der Waals surface area contributed by atoms with Gasteiger partial charge in [0.1, 0.15) is 4.90 Å². The van der Waals surface area contributed by atoms with Crippen molar-refractivity contribution in [2.75, 3.05) is 15.4 Å². The van der Waals surface area contributed by atoms with E-state index in [9.17, 15) is 26.2 Å². The summed E-state index contributed by atoms with van der Waals surface area (Å²) in [6, 6.07) is 25.9. The van der Waals surface area contributed by atoms with Gasteiger partial charge in [-0.05, 0) is 60.2 Å². The van der Waals surface area contributed by atoms with Crippen LogP contribution in [0.3, 0.4) is 0 Å². The summed E-state index contributed by atoms with van der Waals surface area (Å²) in [7, 11) is -8.59. The third kappa shape index (κ3) is 6.08. The number of para-hydroxylation sites is 1. The molecule has 0 unspecified atom stereocenters. The maximum atomic E-state index is 12.7. The molecule has 4 rings (SSSR count). The summed E-state index contributed by atoms with van der Waals surface area (Å²) >= 11 is 0. The summed E-state index contributed by atoms with van der Waals surface area (Å²) < 4.78 is 61.7. The summed E-state index contributed by atoms with van der Waals surface area (Å²) in [6.07, 6.45) is 0. The van der Waals surface area contributed by atoms with E-state index < -0.39 is 31.1 Å². The Kier molecular flexibility index (Phi) is 7.06. The molecule has 36 heavy (non-hydrogen) atoms. The van der Waals surface area contributed by atoms with E-state index in [0.29, 0.717) is 16.9 Å². The fourth-order valence-electron chi connectivity index (χ4n) is 3.44. The molecule has 11 heteroatoms. The van der Waals surface area contributed by atoms with Crippen molar-refractivity contribution in [2.45, 2.75) is 9.79 Å². The number of nitrogens with one attached hydrogen (secondary N) is 3. The molecule has 0 spiro atoms. The molecule has 4 N–H and O–H groups in total. The van der Waals surface area contributed by atoms with E-state index in [4.69, 9.17) is 0 Å². The first-order valence-electron chi connectivity index (χ1n) is 10.5. The van der Waals surface area contributed by atoms with Crippen LogP contribution in [0.1, 0.15) is 0 Å². The number of amides is 2. The predicted molar refractivity (Wildman–Crippen MR) is 138 cm³/mol. The summed E-state index contributed by atoms with van der Waals surface area (Å²) in [6.45, 7) is 0. The van der Waals surface area contributed by atoms with Crippen molar-refractivity contribution in [1.29, 1.82) is 0 Å². The van der Waals surface area contributed by atoms with Crippen LogP contribution < -0.4 is 15.4 Å². The molecule has 0 aromatic heterocycles. The first-order valence-corrected chi connectivity index (χ1v) is 13.5. The fourth-order valence-corrected chi connectivity index (χ4v) is 5.20. The number of sulfonamides is 1. The molecule has 184 valence electrons. The Morgan fingerprint density at radius 3 is 1.92 bits per heavy atom. The second-order valence-electron chi connectivity index (χ2n) is 7.63. The Morgan fingerprint density at radius 2 is 1.25 bits per heavy atom. The Labute approximate surface area is 208 Å². The SMILES string of the molecule is O=C(Nc1ccccc1)Nc1cccc(-c2cc(NS(=O)(=O)c3ccccc3)ccc2S(=O)(=O)O)c1. The van der Waals surface area contributed by atoms with Gasteiger partial charge in [0, 0.05) is 22.6 Å². The van der Waals surface area contributed by atoms with Gasteiger partial charge in [0.15, 0.2) is 0 Å². The molecule has 0 aliphatic rings. The number of benzene rings is 4. The van der Waals surface area contributed by atoms with Crippen molar-refractivity contribution in [3.8, 4) is 11.1 Å². The zero-order valence-corrected chi connectivity index (χ0v) is 20.3. The molecule has 0 aliphatic heterocycles. The van der Waals surface area contributed by atoms with Gasteiger partial charge in [-0.25, -0.2) is 13.2 Å². The second kappa shape index (κ2) is 10.2. The zero-order valence-electron chi connectivity index (χ0n) is 18.6. The first-order chi connectivity index (χ1) is 17.1. The van der Waals surface area contributed by atoms with Gasteiger partial charge in [0.05, 0.1) is 4.90 Å². The molecule has 0 aliphatic carbocycles. The topological polar surface area (TPSA) is 142 Å². The normalized spacial score (nSPS) is 11.5. The van der Waals surface area contributed by atoms with Crippen LogP contribution in [0, 0.1) is 0 Å². The zero-order chi connectivity index (χ0) is 25.8. The lowest BCUT2D eigenvalue weighted by Crippen LogP contribution is -2.19. The molecule has 0 atom stereocenters. The van der Waals surface area contributed by atoms with Gasteiger partial charge in [-0.1, -0.05) is 48.5 Å². The predicted octanol–water partition coefficient (Wildman–Crippen LogP) is 5.05. The minimum Gasteiger partial charge on any atom is -0.308 e. The molecule has 0 saturated carbocycles. The molecule has 0 saturated heterocycles. The third-order valence-corrected chi connectivity index (χ3v) is 7.34. The van der Waals surface area contributed by atoms with Crippen LogP contribution in [0.5, 0.6) is 0 Å². The second-order valence-corrected chi connectivity index (χ2v) is 10.7. The average molecular weight is 524 g/mol. The maximum Gasteiger partial charge on any atom is 0.323 e. The molecule has 0 bridgehead atoms.